The van der Waals surface area contributed by atoms with Crippen LogP contribution in [0.3, 0.4) is 0 Å². The fraction of sp³-hybridized carbons (Fsp3) is 0.464. The fourth-order valence-corrected chi connectivity index (χ4v) is 5.39. The van der Waals surface area contributed by atoms with Crippen molar-refractivity contribution in [3.05, 3.63) is 71.5 Å². The van der Waals surface area contributed by atoms with Gasteiger partial charge in [-0.2, -0.15) is 0 Å². The maximum Gasteiger partial charge on any atom is 0.334 e. The van der Waals surface area contributed by atoms with Crippen molar-refractivity contribution in [1.82, 2.24) is 25.1 Å². The summed E-state index contributed by atoms with van der Waals surface area (Å²) in [5.74, 6) is -0.404. The minimum atomic E-state index is -0.648. The van der Waals surface area contributed by atoms with E-state index in [0.29, 0.717) is 12.8 Å². The standard InChI is InChI=1S/C28H36FN5O3/c1-5-23(21-9-7-6-8-10-21)32-17-25-33(24(27(32)36)15-19(2)3)26(35)18-31(4)34(25)28(37)30-16-20-11-13-22(29)14-12-20/h6-14,19,23-25H,5,15-18H2,1-4H3,(H,30,37)/t23-,24-,25-/m0/s1. The van der Waals surface area contributed by atoms with Crippen LogP contribution < -0.4 is 5.32 Å². The number of carbonyl (C=O) groups is 3. The Morgan fingerprint density at radius 2 is 1.76 bits per heavy atom. The molecule has 2 aliphatic heterocycles. The topological polar surface area (TPSA) is 76.2 Å². The number of rotatable bonds is 7. The first kappa shape index (κ1) is 26.6. The molecule has 4 amide bonds. The lowest BCUT2D eigenvalue weighted by atomic mass is 9.94. The third kappa shape index (κ3) is 5.61. The molecule has 2 heterocycles. The lowest BCUT2D eigenvalue weighted by molar-refractivity contribution is -0.190. The molecule has 2 fully saturated rings. The number of likely N-dealkylation sites (N-methyl/N-ethyl adjacent to an activating group) is 1. The molecule has 0 radical (unpaired) electrons. The number of carbonyl (C=O) groups excluding carboxylic acids is 3. The van der Waals surface area contributed by atoms with Gasteiger partial charge in [0.15, 0.2) is 0 Å². The summed E-state index contributed by atoms with van der Waals surface area (Å²) in [4.78, 5) is 44.1. The molecule has 0 bridgehead atoms. The van der Waals surface area contributed by atoms with Crippen LogP contribution in [0.5, 0.6) is 0 Å². The summed E-state index contributed by atoms with van der Waals surface area (Å²) in [6, 6.07) is 14.6. The highest BCUT2D eigenvalue weighted by molar-refractivity contribution is 5.91. The van der Waals surface area contributed by atoms with E-state index in [2.05, 4.69) is 5.32 Å². The number of nitrogens with one attached hydrogen (secondary N) is 1. The fourth-order valence-electron chi connectivity index (χ4n) is 5.39. The van der Waals surface area contributed by atoms with Gasteiger partial charge in [0.1, 0.15) is 18.0 Å². The van der Waals surface area contributed by atoms with Gasteiger partial charge in [0.2, 0.25) is 11.8 Å². The third-order valence-corrected chi connectivity index (χ3v) is 7.09. The average Bonchev–Trinajstić information content (AvgIpc) is 2.86. The second-order valence-electron chi connectivity index (χ2n) is 10.2. The lowest BCUT2D eigenvalue weighted by Gasteiger charge is -2.55. The van der Waals surface area contributed by atoms with E-state index in [9.17, 15) is 18.8 Å². The van der Waals surface area contributed by atoms with Crippen molar-refractivity contribution >= 4 is 17.8 Å². The zero-order valence-corrected chi connectivity index (χ0v) is 21.9. The van der Waals surface area contributed by atoms with Crippen LogP contribution in [0.4, 0.5) is 9.18 Å². The number of nitrogens with zero attached hydrogens (tertiary/aromatic N) is 4. The van der Waals surface area contributed by atoms with Crippen molar-refractivity contribution in [3.8, 4) is 0 Å². The Labute approximate surface area is 218 Å². The Bertz CT molecular complexity index is 1110. The molecule has 2 aromatic rings. The third-order valence-electron chi connectivity index (χ3n) is 7.09. The molecule has 37 heavy (non-hydrogen) atoms. The van der Waals surface area contributed by atoms with E-state index in [0.717, 1.165) is 11.1 Å². The van der Waals surface area contributed by atoms with Crippen molar-refractivity contribution in [1.29, 1.82) is 0 Å². The minimum Gasteiger partial charge on any atom is -0.333 e. The predicted molar refractivity (Wildman–Crippen MR) is 138 cm³/mol. The van der Waals surface area contributed by atoms with Crippen molar-refractivity contribution in [2.24, 2.45) is 5.92 Å². The number of piperazine rings is 1. The van der Waals surface area contributed by atoms with E-state index in [-0.39, 0.29) is 55.3 Å². The predicted octanol–water partition coefficient (Wildman–Crippen LogP) is 3.76. The first-order chi connectivity index (χ1) is 17.7. The molecule has 2 saturated heterocycles. The van der Waals surface area contributed by atoms with Crippen molar-refractivity contribution in [2.75, 3.05) is 20.1 Å². The van der Waals surface area contributed by atoms with E-state index in [1.807, 2.05) is 56.0 Å². The molecule has 9 heteroatoms. The maximum atomic E-state index is 13.9. The highest BCUT2D eigenvalue weighted by atomic mass is 19.1. The van der Waals surface area contributed by atoms with Crippen LogP contribution >= 0.6 is 0 Å². The molecule has 0 aliphatic carbocycles. The molecule has 2 aromatic carbocycles. The van der Waals surface area contributed by atoms with Crippen LogP contribution in [0, 0.1) is 11.7 Å². The van der Waals surface area contributed by atoms with Gasteiger partial charge in [0, 0.05) is 13.6 Å². The zero-order chi connectivity index (χ0) is 26.7. The Balaban J connectivity index is 1.65. The van der Waals surface area contributed by atoms with Gasteiger partial charge in [0.25, 0.3) is 0 Å². The number of hydrazine groups is 1. The maximum absolute atomic E-state index is 13.9. The molecule has 0 spiro atoms. The first-order valence-electron chi connectivity index (χ1n) is 12.9. The van der Waals surface area contributed by atoms with Crippen molar-refractivity contribution in [2.45, 2.75) is 58.4 Å². The Hall–Kier alpha value is -3.46. The molecule has 4 rings (SSSR count). The van der Waals surface area contributed by atoms with Crippen LogP contribution in [0.15, 0.2) is 54.6 Å². The minimum absolute atomic E-state index is 0.00175. The molecule has 8 nitrogen and oxygen atoms in total. The second-order valence-corrected chi connectivity index (χ2v) is 10.2. The van der Waals surface area contributed by atoms with Crippen LogP contribution in [0.1, 0.15) is 50.8 Å². The van der Waals surface area contributed by atoms with Gasteiger partial charge >= 0.3 is 6.03 Å². The smallest absolute Gasteiger partial charge is 0.333 e. The van der Waals surface area contributed by atoms with E-state index >= 15 is 0 Å². The quantitative estimate of drug-likeness (QED) is 0.617. The summed E-state index contributed by atoms with van der Waals surface area (Å²) < 4.78 is 13.3. The summed E-state index contributed by atoms with van der Waals surface area (Å²) in [6.07, 6.45) is 0.577. The average molecular weight is 510 g/mol. The van der Waals surface area contributed by atoms with Gasteiger partial charge in [-0.3, -0.25) is 9.59 Å². The molecule has 2 aliphatic rings. The summed E-state index contributed by atoms with van der Waals surface area (Å²) in [5, 5.41) is 6.07. The first-order valence-corrected chi connectivity index (χ1v) is 12.9. The van der Waals surface area contributed by atoms with E-state index < -0.39 is 12.2 Å². The zero-order valence-electron chi connectivity index (χ0n) is 21.9. The molecule has 198 valence electrons. The van der Waals surface area contributed by atoms with Crippen LogP contribution in [0.25, 0.3) is 0 Å². The Morgan fingerprint density at radius 1 is 1.08 bits per heavy atom. The van der Waals surface area contributed by atoms with E-state index in [1.54, 1.807) is 34.1 Å². The monoisotopic (exact) mass is 509 g/mol. The molecule has 0 unspecified atom stereocenters. The second kappa shape index (κ2) is 11.3. The van der Waals surface area contributed by atoms with Crippen molar-refractivity contribution < 1.29 is 18.8 Å². The lowest BCUT2D eigenvalue weighted by Crippen LogP contribution is -2.76. The molecule has 0 aromatic heterocycles. The molecule has 3 atom stereocenters. The largest absolute Gasteiger partial charge is 0.334 e. The number of hydrogen-bond acceptors (Lipinski definition) is 4. The molecule has 1 N–H and O–H groups in total. The normalized spacial score (nSPS) is 21.3. The van der Waals surface area contributed by atoms with Gasteiger partial charge < -0.3 is 15.1 Å². The van der Waals surface area contributed by atoms with Gasteiger partial charge in [-0.15, -0.1) is 0 Å². The van der Waals surface area contributed by atoms with E-state index in [1.165, 1.54) is 12.1 Å². The Kier molecular flexibility index (Phi) is 8.12. The number of benzene rings is 2. The molecular formula is C28H36FN5O3. The molecular weight excluding hydrogens is 473 g/mol. The summed E-state index contributed by atoms with van der Waals surface area (Å²) in [6.45, 7) is 6.52. The summed E-state index contributed by atoms with van der Waals surface area (Å²) in [7, 11) is 1.71. The highest BCUT2D eigenvalue weighted by Gasteiger charge is 2.51. The number of fused-ring (bicyclic) bond motifs is 1. The van der Waals surface area contributed by atoms with Crippen LogP contribution in [-0.4, -0.2) is 70.0 Å². The Morgan fingerprint density at radius 3 is 2.38 bits per heavy atom. The number of halogens is 1. The highest BCUT2D eigenvalue weighted by Crippen LogP contribution is 2.34. The van der Waals surface area contributed by atoms with Crippen LogP contribution in [-0.2, 0) is 16.1 Å². The van der Waals surface area contributed by atoms with E-state index in [4.69, 9.17) is 0 Å². The van der Waals surface area contributed by atoms with Gasteiger partial charge in [-0.25, -0.2) is 19.2 Å². The summed E-state index contributed by atoms with van der Waals surface area (Å²) >= 11 is 0. The van der Waals surface area contributed by atoms with Gasteiger partial charge in [-0.1, -0.05) is 63.2 Å². The molecule has 0 saturated carbocycles. The number of urea groups is 1. The number of hydrogen-bond donors (Lipinski definition) is 1. The van der Waals surface area contributed by atoms with Crippen molar-refractivity contribution in [3.63, 3.8) is 0 Å². The van der Waals surface area contributed by atoms with Crippen LogP contribution in [0.2, 0.25) is 0 Å². The van der Waals surface area contributed by atoms with Gasteiger partial charge in [-0.05, 0) is 42.0 Å². The number of amides is 4. The SMILES string of the molecule is CC[C@@H](c1ccccc1)N1C[C@H]2N(C(=O)CN(C)N2C(=O)NCc2ccc(F)cc2)[C@@H](CC(C)C)C1=O. The summed E-state index contributed by atoms with van der Waals surface area (Å²) in [5.41, 5.74) is 1.79. The van der Waals surface area contributed by atoms with Gasteiger partial charge in [0.05, 0.1) is 19.1 Å².